The zero-order chi connectivity index (χ0) is 34.8. The standard InChI is InChI=1S/C31H24F2N4O4.C2H6.2CH2O/c1-34-29(38)27-21-13-20(24(37(2)3)14-26(21)40-28(27)16-5-8-18(32)9-6-16)17-7-10-25(39-4)22(11-17)30-36-23-12-19(33)15-35-31(23)41-30;3*1-2/h5-15H,1-4H3,(H,34,38);1-2H3;2*1H2. The molecule has 1 amide bonds. The Morgan fingerprint density at radius 1 is 0.872 bits per heavy atom. The molecule has 0 spiro atoms. The summed E-state index contributed by atoms with van der Waals surface area (Å²) >= 11 is 0. The number of oxazole rings is 1. The van der Waals surface area contributed by atoms with Crippen molar-refractivity contribution in [3.63, 3.8) is 0 Å². The highest BCUT2D eigenvalue weighted by molar-refractivity contribution is 6.13. The zero-order valence-corrected chi connectivity index (χ0v) is 26.8. The third kappa shape index (κ3) is 7.17. The average Bonchev–Trinajstić information content (AvgIpc) is 3.71. The van der Waals surface area contributed by atoms with Crippen molar-refractivity contribution in [1.29, 1.82) is 0 Å². The van der Waals surface area contributed by atoms with Crippen molar-refractivity contribution in [2.45, 2.75) is 13.8 Å². The number of ether oxygens (including phenoxy) is 1. The fourth-order valence-corrected chi connectivity index (χ4v) is 4.84. The van der Waals surface area contributed by atoms with Crippen LogP contribution in [-0.2, 0) is 9.59 Å². The molecule has 3 aromatic heterocycles. The largest absolute Gasteiger partial charge is 0.496 e. The first-order valence-corrected chi connectivity index (χ1v) is 14.2. The quantitative estimate of drug-likeness (QED) is 0.198. The number of anilines is 1. The van der Waals surface area contributed by atoms with E-state index in [-0.39, 0.29) is 23.0 Å². The molecule has 47 heavy (non-hydrogen) atoms. The van der Waals surface area contributed by atoms with Crippen LogP contribution in [0, 0.1) is 11.6 Å². The van der Waals surface area contributed by atoms with E-state index in [1.54, 1.807) is 25.2 Å². The van der Waals surface area contributed by atoms with E-state index in [0.29, 0.717) is 39.2 Å². The number of furan rings is 1. The number of pyridine rings is 1. The van der Waals surface area contributed by atoms with Gasteiger partial charge in [0.1, 0.15) is 47.8 Å². The highest BCUT2D eigenvalue weighted by Crippen LogP contribution is 2.42. The van der Waals surface area contributed by atoms with Gasteiger partial charge in [0, 0.05) is 55.5 Å². The van der Waals surface area contributed by atoms with Crippen molar-refractivity contribution in [2.24, 2.45) is 0 Å². The minimum Gasteiger partial charge on any atom is -0.496 e. The van der Waals surface area contributed by atoms with Crippen LogP contribution in [0.25, 0.3) is 56.1 Å². The first kappa shape index (κ1) is 35.6. The number of carbonyl (C=O) groups is 3. The zero-order valence-electron chi connectivity index (χ0n) is 26.8. The van der Waals surface area contributed by atoms with Gasteiger partial charge in [-0.2, -0.15) is 0 Å². The van der Waals surface area contributed by atoms with Gasteiger partial charge in [0.05, 0.1) is 24.4 Å². The molecule has 244 valence electrons. The van der Waals surface area contributed by atoms with Gasteiger partial charge in [-0.1, -0.05) is 19.9 Å². The molecule has 3 heterocycles. The molecule has 0 atom stereocenters. The van der Waals surface area contributed by atoms with Crippen LogP contribution in [0.4, 0.5) is 14.5 Å². The maximum absolute atomic E-state index is 13.7. The Hall–Kier alpha value is -5.91. The lowest BCUT2D eigenvalue weighted by molar-refractivity contribution is -0.0987. The number of halogens is 2. The van der Waals surface area contributed by atoms with Gasteiger partial charge in [-0.15, -0.1) is 0 Å². The molecule has 6 rings (SSSR count). The molecule has 0 radical (unpaired) electrons. The Kier molecular flexibility index (Phi) is 12.0. The van der Waals surface area contributed by atoms with Gasteiger partial charge in [0.15, 0.2) is 0 Å². The van der Waals surface area contributed by atoms with E-state index in [2.05, 4.69) is 15.3 Å². The number of hydrogen-bond donors (Lipinski definition) is 1. The predicted molar refractivity (Wildman–Crippen MR) is 178 cm³/mol. The smallest absolute Gasteiger partial charge is 0.255 e. The van der Waals surface area contributed by atoms with Crippen molar-refractivity contribution in [3.05, 3.63) is 84.1 Å². The maximum atomic E-state index is 13.7. The molecule has 0 aliphatic heterocycles. The summed E-state index contributed by atoms with van der Waals surface area (Å²) in [6, 6.07) is 16.3. The number of aromatic nitrogens is 2. The SMILES string of the molecule is C=O.C=O.CC.CNC(=O)c1c(-c2ccc(F)cc2)oc2cc(N(C)C)c(-c3ccc(OC)c(-c4nc5cc(F)cnc5o4)c3)cc12. The fraction of sp³-hybridized carbons (Fsp3) is 0.171. The fourth-order valence-electron chi connectivity index (χ4n) is 4.84. The van der Waals surface area contributed by atoms with E-state index in [9.17, 15) is 13.6 Å². The van der Waals surface area contributed by atoms with Gasteiger partial charge < -0.3 is 33.4 Å². The molecule has 12 heteroatoms. The first-order valence-electron chi connectivity index (χ1n) is 14.2. The number of hydrogen-bond acceptors (Lipinski definition) is 9. The second-order valence-corrected chi connectivity index (χ2v) is 9.56. The topological polar surface area (TPSA) is 128 Å². The van der Waals surface area contributed by atoms with Crippen LogP contribution in [-0.4, -0.2) is 57.7 Å². The van der Waals surface area contributed by atoms with Crippen LogP contribution in [0.2, 0.25) is 0 Å². The molecule has 0 aliphatic rings. The van der Waals surface area contributed by atoms with E-state index in [0.717, 1.165) is 23.0 Å². The number of benzene rings is 3. The van der Waals surface area contributed by atoms with E-state index in [1.165, 1.54) is 25.3 Å². The molecule has 6 aromatic rings. The Balaban J connectivity index is 0.000000947. The van der Waals surface area contributed by atoms with Crippen molar-refractivity contribution in [1.82, 2.24) is 15.3 Å². The summed E-state index contributed by atoms with van der Waals surface area (Å²) in [4.78, 5) is 39.5. The summed E-state index contributed by atoms with van der Waals surface area (Å²) in [5.41, 5.74) is 4.82. The van der Waals surface area contributed by atoms with Crippen LogP contribution in [0.1, 0.15) is 24.2 Å². The van der Waals surface area contributed by atoms with E-state index >= 15 is 0 Å². The number of methoxy groups -OCH3 is 1. The van der Waals surface area contributed by atoms with Crippen LogP contribution in [0.15, 0.2) is 75.7 Å². The average molecular weight is 645 g/mol. The van der Waals surface area contributed by atoms with Crippen molar-refractivity contribution >= 4 is 47.4 Å². The number of nitrogens with one attached hydrogen (secondary N) is 1. The summed E-state index contributed by atoms with van der Waals surface area (Å²) in [6.07, 6.45) is 1.07. The number of rotatable bonds is 6. The second kappa shape index (κ2) is 15.9. The monoisotopic (exact) mass is 644 g/mol. The number of carbonyl (C=O) groups excluding carboxylic acids is 3. The first-order chi connectivity index (χ1) is 22.8. The second-order valence-electron chi connectivity index (χ2n) is 9.56. The number of nitrogens with zero attached hydrogens (tertiary/aromatic N) is 3. The van der Waals surface area contributed by atoms with Crippen LogP contribution < -0.4 is 15.0 Å². The lowest BCUT2D eigenvalue weighted by atomic mass is 9.96. The maximum Gasteiger partial charge on any atom is 0.255 e. The van der Waals surface area contributed by atoms with Gasteiger partial charge in [0.25, 0.3) is 5.91 Å². The van der Waals surface area contributed by atoms with Crippen LogP contribution in [0.5, 0.6) is 5.75 Å². The van der Waals surface area contributed by atoms with E-state index in [4.69, 9.17) is 23.2 Å². The summed E-state index contributed by atoms with van der Waals surface area (Å²) in [6.45, 7) is 8.00. The minimum absolute atomic E-state index is 0.200. The van der Waals surface area contributed by atoms with E-state index in [1.807, 2.05) is 70.7 Å². The molecule has 3 aromatic carbocycles. The molecular weight excluding hydrogens is 610 g/mol. The third-order valence-corrected chi connectivity index (χ3v) is 6.80. The Morgan fingerprint density at radius 2 is 1.53 bits per heavy atom. The summed E-state index contributed by atoms with van der Waals surface area (Å²) < 4.78 is 45.0. The lowest BCUT2D eigenvalue weighted by Gasteiger charge is -2.19. The Bertz CT molecular complexity index is 1980. The minimum atomic E-state index is -0.519. The Morgan fingerprint density at radius 3 is 2.15 bits per heavy atom. The molecule has 1 N–H and O–H groups in total. The third-order valence-electron chi connectivity index (χ3n) is 6.80. The number of fused-ring (bicyclic) bond motifs is 2. The molecule has 0 saturated carbocycles. The molecule has 0 bridgehead atoms. The summed E-state index contributed by atoms with van der Waals surface area (Å²) in [5.74, 6) is -0.192. The predicted octanol–water partition coefficient (Wildman–Crippen LogP) is 7.34. The van der Waals surface area contributed by atoms with Crippen molar-refractivity contribution in [3.8, 4) is 39.7 Å². The summed E-state index contributed by atoms with van der Waals surface area (Å²) in [7, 11) is 6.88. The van der Waals surface area contributed by atoms with Crippen molar-refractivity contribution < 1.29 is 36.7 Å². The Labute approximate surface area is 270 Å². The van der Waals surface area contributed by atoms with Gasteiger partial charge in [-0.05, 0) is 48.0 Å². The van der Waals surface area contributed by atoms with Gasteiger partial charge in [0.2, 0.25) is 11.6 Å². The molecule has 0 aliphatic carbocycles. The van der Waals surface area contributed by atoms with E-state index < -0.39 is 11.6 Å². The summed E-state index contributed by atoms with van der Waals surface area (Å²) in [5, 5.41) is 3.27. The molecule has 0 saturated heterocycles. The highest BCUT2D eigenvalue weighted by Gasteiger charge is 2.25. The van der Waals surface area contributed by atoms with Gasteiger partial charge in [-0.25, -0.2) is 18.7 Å². The number of amides is 1. The lowest BCUT2D eigenvalue weighted by Crippen LogP contribution is -2.18. The molecule has 0 unspecified atom stereocenters. The molecular formula is C35H34F2N4O6. The normalized spacial score (nSPS) is 10.1. The van der Waals surface area contributed by atoms with Gasteiger partial charge >= 0.3 is 0 Å². The molecule has 0 fully saturated rings. The molecule has 10 nitrogen and oxygen atoms in total. The van der Waals surface area contributed by atoms with Crippen LogP contribution >= 0.6 is 0 Å². The van der Waals surface area contributed by atoms with Crippen LogP contribution in [0.3, 0.4) is 0 Å². The highest BCUT2D eigenvalue weighted by atomic mass is 19.1. The van der Waals surface area contributed by atoms with Gasteiger partial charge in [-0.3, -0.25) is 4.79 Å². The van der Waals surface area contributed by atoms with Crippen molar-refractivity contribution in [2.75, 3.05) is 33.2 Å².